The third-order valence-corrected chi connectivity index (χ3v) is 5.40. The Balaban J connectivity index is 1.63. The van der Waals surface area contributed by atoms with Gasteiger partial charge in [0.2, 0.25) is 0 Å². The van der Waals surface area contributed by atoms with Crippen LogP contribution < -0.4 is 5.32 Å². The van der Waals surface area contributed by atoms with Gasteiger partial charge in [0.1, 0.15) is 23.0 Å². The van der Waals surface area contributed by atoms with E-state index in [0.29, 0.717) is 33.8 Å². The van der Waals surface area contributed by atoms with Crippen LogP contribution in [-0.2, 0) is 7.05 Å². The van der Waals surface area contributed by atoms with Crippen LogP contribution in [0.2, 0.25) is 0 Å². The molecule has 0 unspecified atom stereocenters. The van der Waals surface area contributed by atoms with E-state index in [2.05, 4.69) is 10.5 Å². The van der Waals surface area contributed by atoms with Gasteiger partial charge in [-0.2, -0.15) is 0 Å². The van der Waals surface area contributed by atoms with E-state index in [1.807, 2.05) is 0 Å². The second kappa shape index (κ2) is 7.66. The predicted molar refractivity (Wildman–Crippen MR) is 105 cm³/mol. The molecule has 3 aromatic rings. The lowest BCUT2D eigenvalue weighted by Gasteiger charge is -2.11. The van der Waals surface area contributed by atoms with Crippen LogP contribution in [0.4, 0.5) is 4.39 Å². The van der Waals surface area contributed by atoms with Crippen LogP contribution in [0, 0.1) is 12.7 Å². The fourth-order valence-corrected chi connectivity index (χ4v) is 3.83. The number of benzene rings is 1. The molecular formula is C22H22FN3O3. The summed E-state index contributed by atoms with van der Waals surface area (Å²) in [6, 6.07) is 7.50. The van der Waals surface area contributed by atoms with E-state index in [0.717, 1.165) is 25.7 Å². The number of nitrogens with zero attached hydrogens (tertiary/aromatic N) is 2. The third-order valence-electron chi connectivity index (χ3n) is 5.40. The minimum atomic E-state index is -0.372. The molecule has 0 spiro atoms. The summed E-state index contributed by atoms with van der Waals surface area (Å²) in [6.07, 6.45) is 5.86. The fraction of sp³-hybridized carbons (Fsp3) is 0.318. The normalized spacial score (nSPS) is 14.3. The average Bonchev–Trinajstić information content (AvgIpc) is 3.42. The Morgan fingerprint density at radius 3 is 2.59 bits per heavy atom. The molecule has 2 heterocycles. The monoisotopic (exact) mass is 395 g/mol. The molecule has 1 N–H and O–H groups in total. The fourth-order valence-electron chi connectivity index (χ4n) is 3.83. The Kier molecular flexibility index (Phi) is 5.05. The topological polar surface area (TPSA) is 77.1 Å². The van der Waals surface area contributed by atoms with Gasteiger partial charge < -0.3 is 14.4 Å². The molecule has 150 valence electrons. The number of ketones is 1. The van der Waals surface area contributed by atoms with E-state index in [4.69, 9.17) is 4.52 Å². The molecule has 4 rings (SSSR count). The molecule has 0 radical (unpaired) electrons. The molecule has 1 saturated carbocycles. The molecule has 2 aromatic heterocycles. The number of aromatic nitrogens is 2. The third kappa shape index (κ3) is 3.72. The highest BCUT2D eigenvalue weighted by Gasteiger charge is 2.26. The first-order valence-corrected chi connectivity index (χ1v) is 9.68. The zero-order valence-corrected chi connectivity index (χ0v) is 16.4. The first-order chi connectivity index (χ1) is 13.9. The Morgan fingerprint density at radius 1 is 1.21 bits per heavy atom. The highest BCUT2D eigenvalue weighted by atomic mass is 19.1. The summed E-state index contributed by atoms with van der Waals surface area (Å²) in [7, 11) is 1.74. The van der Waals surface area contributed by atoms with Crippen molar-refractivity contribution in [2.75, 3.05) is 0 Å². The van der Waals surface area contributed by atoms with Gasteiger partial charge in [0.05, 0.1) is 5.56 Å². The predicted octanol–water partition coefficient (Wildman–Crippen LogP) is 4.03. The summed E-state index contributed by atoms with van der Waals surface area (Å²) < 4.78 is 20.1. The van der Waals surface area contributed by atoms with E-state index in [1.165, 1.54) is 12.1 Å². The molecular weight excluding hydrogens is 373 g/mol. The molecule has 1 fully saturated rings. The van der Waals surface area contributed by atoms with Crippen LogP contribution in [0.5, 0.6) is 0 Å². The molecule has 1 aliphatic rings. The van der Waals surface area contributed by atoms with Crippen LogP contribution in [0.3, 0.4) is 0 Å². The van der Waals surface area contributed by atoms with E-state index < -0.39 is 0 Å². The van der Waals surface area contributed by atoms with Gasteiger partial charge in [0.25, 0.3) is 5.91 Å². The number of hydrogen-bond donors (Lipinski definition) is 1. The molecule has 1 aromatic carbocycles. The van der Waals surface area contributed by atoms with Gasteiger partial charge in [0, 0.05) is 30.4 Å². The summed E-state index contributed by atoms with van der Waals surface area (Å²) in [5.41, 5.74) is 2.05. The van der Waals surface area contributed by atoms with Crippen molar-refractivity contribution in [3.05, 3.63) is 64.9 Å². The zero-order valence-electron chi connectivity index (χ0n) is 16.4. The average molecular weight is 395 g/mol. The number of nitrogens with one attached hydrogen (secondary N) is 1. The van der Waals surface area contributed by atoms with Gasteiger partial charge in [-0.3, -0.25) is 9.59 Å². The first kappa shape index (κ1) is 19.1. The highest BCUT2D eigenvalue weighted by Crippen LogP contribution is 2.28. The van der Waals surface area contributed by atoms with Gasteiger partial charge >= 0.3 is 0 Å². The van der Waals surface area contributed by atoms with Crippen LogP contribution in [0.1, 0.15) is 57.9 Å². The SMILES string of the molecule is Cc1onc(-c2ccc(F)cc2)c1C(=O)c1cc(C(=O)NC2CCCC2)n(C)c1. The van der Waals surface area contributed by atoms with Crippen molar-refractivity contribution in [3.8, 4) is 11.3 Å². The van der Waals surface area contributed by atoms with Gasteiger partial charge in [-0.05, 0) is 50.1 Å². The van der Waals surface area contributed by atoms with Crippen LogP contribution in [0.15, 0.2) is 41.1 Å². The lowest BCUT2D eigenvalue weighted by atomic mass is 9.99. The molecule has 1 aliphatic carbocycles. The van der Waals surface area contributed by atoms with Crippen molar-refractivity contribution < 1.29 is 18.5 Å². The Hall–Kier alpha value is -3.22. The van der Waals surface area contributed by atoms with E-state index in [1.54, 1.807) is 42.9 Å². The van der Waals surface area contributed by atoms with E-state index in [9.17, 15) is 14.0 Å². The van der Waals surface area contributed by atoms with Crippen molar-refractivity contribution in [1.82, 2.24) is 15.0 Å². The summed E-state index contributed by atoms with van der Waals surface area (Å²) in [5, 5.41) is 7.03. The molecule has 7 heteroatoms. The molecule has 0 aliphatic heterocycles. The maximum atomic E-state index is 13.2. The van der Waals surface area contributed by atoms with Gasteiger partial charge in [-0.1, -0.05) is 18.0 Å². The van der Waals surface area contributed by atoms with Crippen molar-refractivity contribution in [2.45, 2.75) is 38.6 Å². The standard InChI is InChI=1S/C22H22FN3O3/c1-13-19(20(25-29-13)14-7-9-16(23)10-8-14)21(27)15-11-18(26(2)12-15)22(28)24-17-5-3-4-6-17/h7-12,17H,3-6H2,1-2H3,(H,24,28). The van der Waals surface area contributed by atoms with Gasteiger partial charge in [-0.25, -0.2) is 4.39 Å². The summed E-state index contributed by atoms with van der Waals surface area (Å²) >= 11 is 0. The zero-order chi connectivity index (χ0) is 20.5. The minimum absolute atomic E-state index is 0.181. The van der Waals surface area contributed by atoms with Crippen molar-refractivity contribution in [3.63, 3.8) is 0 Å². The second-order valence-electron chi connectivity index (χ2n) is 7.48. The highest BCUT2D eigenvalue weighted by molar-refractivity contribution is 6.13. The molecule has 6 nitrogen and oxygen atoms in total. The number of aryl methyl sites for hydroxylation is 2. The Bertz CT molecular complexity index is 1060. The molecule has 1 amide bonds. The number of halogens is 1. The number of carbonyl (C=O) groups is 2. The summed E-state index contributed by atoms with van der Waals surface area (Å²) in [4.78, 5) is 25.8. The van der Waals surface area contributed by atoms with E-state index >= 15 is 0 Å². The number of carbonyl (C=O) groups excluding carboxylic acids is 2. The van der Waals surface area contributed by atoms with Gasteiger partial charge in [-0.15, -0.1) is 0 Å². The minimum Gasteiger partial charge on any atom is -0.360 e. The first-order valence-electron chi connectivity index (χ1n) is 9.68. The van der Waals surface area contributed by atoms with Crippen LogP contribution in [-0.4, -0.2) is 27.5 Å². The maximum Gasteiger partial charge on any atom is 0.268 e. The molecule has 29 heavy (non-hydrogen) atoms. The second-order valence-corrected chi connectivity index (χ2v) is 7.48. The summed E-state index contributed by atoms with van der Waals surface area (Å²) in [6.45, 7) is 1.66. The Labute approximate surface area is 167 Å². The smallest absolute Gasteiger partial charge is 0.268 e. The lowest BCUT2D eigenvalue weighted by molar-refractivity contribution is 0.0929. The number of hydrogen-bond acceptors (Lipinski definition) is 4. The Morgan fingerprint density at radius 2 is 1.90 bits per heavy atom. The number of rotatable bonds is 5. The molecule has 0 atom stereocenters. The van der Waals surface area contributed by atoms with Crippen LogP contribution in [0.25, 0.3) is 11.3 Å². The van der Waals surface area contributed by atoms with Crippen molar-refractivity contribution in [1.29, 1.82) is 0 Å². The lowest BCUT2D eigenvalue weighted by Crippen LogP contribution is -2.33. The number of amides is 1. The van der Waals surface area contributed by atoms with Crippen LogP contribution >= 0.6 is 0 Å². The largest absolute Gasteiger partial charge is 0.360 e. The van der Waals surface area contributed by atoms with E-state index in [-0.39, 0.29) is 23.5 Å². The maximum absolute atomic E-state index is 13.2. The van der Waals surface area contributed by atoms with Gasteiger partial charge in [0.15, 0.2) is 5.78 Å². The molecule has 0 saturated heterocycles. The molecule has 0 bridgehead atoms. The van der Waals surface area contributed by atoms with Crippen molar-refractivity contribution in [2.24, 2.45) is 7.05 Å². The summed E-state index contributed by atoms with van der Waals surface area (Å²) in [5.74, 6) is -0.476. The van der Waals surface area contributed by atoms with Crippen molar-refractivity contribution >= 4 is 11.7 Å². The quantitative estimate of drug-likeness (QED) is 0.662.